The summed E-state index contributed by atoms with van der Waals surface area (Å²) >= 11 is 0. The number of aromatic nitrogens is 9. The number of H-pyrrole nitrogens is 4. The van der Waals surface area contributed by atoms with Crippen LogP contribution in [0, 0.1) is 5.82 Å². The van der Waals surface area contributed by atoms with Crippen LogP contribution in [0.4, 0.5) is 4.39 Å². The van der Waals surface area contributed by atoms with E-state index in [4.69, 9.17) is 4.74 Å². The van der Waals surface area contributed by atoms with Crippen LogP contribution in [0.2, 0.25) is 0 Å². The maximum atomic E-state index is 14.1. The summed E-state index contributed by atoms with van der Waals surface area (Å²) in [5.41, 5.74) is 16.6. The molecule has 0 aliphatic carbocycles. The Morgan fingerprint density at radius 2 is 0.788 bits per heavy atom. The molecule has 7 aromatic carbocycles. The average molecular weight is 1320 g/mol. The fourth-order valence-electron chi connectivity index (χ4n) is 13.8. The number of pyridine rings is 5. The average Bonchev–Trinajstić information content (AvgIpc) is 1.64. The Balaban J connectivity index is 0.0000000991. The quantitative estimate of drug-likeness (QED) is 0.0771. The number of benzene rings is 7. The van der Waals surface area contributed by atoms with E-state index in [0.29, 0.717) is 54.3 Å². The van der Waals surface area contributed by atoms with Crippen molar-refractivity contribution in [2.24, 2.45) is 0 Å². The Morgan fingerprint density at radius 3 is 1.19 bits per heavy atom. The Labute approximate surface area is 561 Å². The van der Waals surface area contributed by atoms with Gasteiger partial charge in [0, 0.05) is 153 Å². The highest BCUT2D eigenvalue weighted by atomic mass is 32.2. The lowest BCUT2D eigenvalue weighted by atomic mass is 10.0. The number of nitrogens with zero attached hydrogens (tertiary/aromatic N) is 5. The summed E-state index contributed by atoms with van der Waals surface area (Å²) in [6.07, 6.45) is 12.0. The normalized spacial score (nSPS) is 13.5. The molecule has 0 atom stereocenters. The van der Waals surface area contributed by atoms with Crippen molar-refractivity contribution in [3.63, 3.8) is 0 Å². The zero-order valence-electron chi connectivity index (χ0n) is 52.7. The molecule has 8 N–H and O–H groups in total. The predicted molar refractivity (Wildman–Crippen MR) is 378 cm³/mol. The summed E-state index contributed by atoms with van der Waals surface area (Å²) in [5, 5.41) is 23.1. The smallest absolute Gasteiger partial charge is 0.254 e. The van der Waals surface area contributed by atoms with Gasteiger partial charge in [-0.1, -0.05) is 72.8 Å². The third-order valence-corrected chi connectivity index (χ3v) is 19.8. The summed E-state index contributed by atoms with van der Waals surface area (Å²) in [5.74, 6) is 0.380. The van der Waals surface area contributed by atoms with Crippen LogP contribution in [0.15, 0.2) is 200 Å². The minimum atomic E-state index is -3.29. The fraction of sp³-hybridized carbons (Fsp3) is 0.0779. The number of amides is 4. The van der Waals surface area contributed by atoms with E-state index in [9.17, 15) is 32.0 Å². The number of aromatic amines is 4. The van der Waals surface area contributed by atoms with Crippen LogP contribution < -0.4 is 26.0 Å². The van der Waals surface area contributed by atoms with Crippen molar-refractivity contribution < 1.29 is 36.7 Å². The van der Waals surface area contributed by atoms with E-state index in [1.54, 1.807) is 68.3 Å². The molecular formula is C77H54FN13O7S. The molecule has 0 spiro atoms. The van der Waals surface area contributed by atoms with Crippen LogP contribution in [0.25, 0.3) is 132 Å². The van der Waals surface area contributed by atoms with E-state index in [-0.39, 0.29) is 34.3 Å². The molecule has 20 nitrogen and oxygen atoms in total. The van der Waals surface area contributed by atoms with Crippen molar-refractivity contribution >= 4 is 120 Å². The van der Waals surface area contributed by atoms with Gasteiger partial charge in [0.2, 0.25) is 0 Å². The van der Waals surface area contributed by atoms with E-state index >= 15 is 0 Å². The molecule has 4 aliphatic rings. The van der Waals surface area contributed by atoms with Gasteiger partial charge in [-0.05, 0) is 84.9 Å². The number of hydrogen-bond donors (Lipinski definition) is 8. The van der Waals surface area contributed by atoms with Crippen molar-refractivity contribution in [2.75, 3.05) is 13.4 Å². The minimum Gasteiger partial charge on any atom is -0.497 e. The van der Waals surface area contributed by atoms with Gasteiger partial charge in [-0.2, -0.15) is 0 Å². The first kappa shape index (κ1) is 59.8. The molecule has 22 heteroatoms. The molecule has 20 rings (SSSR count). The van der Waals surface area contributed by atoms with Crippen LogP contribution in [0.1, 0.15) is 64.2 Å². The van der Waals surface area contributed by atoms with Crippen molar-refractivity contribution in [3.05, 3.63) is 246 Å². The van der Waals surface area contributed by atoms with E-state index < -0.39 is 9.84 Å². The number of nitrogens with one attached hydrogen (secondary N) is 8. The second kappa shape index (κ2) is 23.5. The maximum Gasteiger partial charge on any atom is 0.254 e. The van der Waals surface area contributed by atoms with Gasteiger partial charge in [-0.3, -0.25) is 44.1 Å². The van der Waals surface area contributed by atoms with E-state index in [2.05, 4.69) is 78.3 Å². The van der Waals surface area contributed by atoms with Gasteiger partial charge in [0.1, 0.15) is 11.6 Å². The number of methoxy groups -OCH3 is 1. The van der Waals surface area contributed by atoms with Gasteiger partial charge in [-0.15, -0.1) is 0 Å². The first-order valence-corrected chi connectivity index (χ1v) is 33.5. The van der Waals surface area contributed by atoms with Gasteiger partial charge in [0.05, 0.1) is 105 Å². The first-order chi connectivity index (χ1) is 48.2. The molecular weight excluding hydrogens is 1270 g/mol. The minimum absolute atomic E-state index is 0.00728. The van der Waals surface area contributed by atoms with E-state index in [0.717, 1.165) is 154 Å². The van der Waals surface area contributed by atoms with Crippen molar-refractivity contribution in [2.45, 2.75) is 31.1 Å². The van der Waals surface area contributed by atoms with E-state index in [1.165, 1.54) is 12.3 Å². The second-order valence-electron chi connectivity index (χ2n) is 24.5. The number of fused-ring (bicyclic) bond motifs is 20. The number of sulfone groups is 1. The lowest BCUT2D eigenvalue weighted by Gasteiger charge is -2.07. The zero-order chi connectivity index (χ0) is 67.4. The standard InChI is InChI=1S/C20H15N3O3S.C20H15N3O2.C19H12FN3O.C18H12N4O/c1-27(25,26)13-4-2-3-11(7-13)16-8-15-12(9-21-16)5-6-14-18-17(23-19(14)15)10-22-20(18)24;1-25-13-5-2-11(3-6-13)16-8-15-12(9-21-16)4-7-14-18-17(23-19(14)15)10-22-20(18)24;20-14-4-2-1-3-11(14)15-7-13-10(8-21-15)5-6-12-17-16(23-18(12)13)9-22-19(17)24;23-18-16-12-4-3-10-8-20-14(11-2-1-5-19-7-11)6-13(10)17(12)22-15(16)9-21-18/h2-9,23H,10H2,1H3,(H,22,24);2-9,23H,10H2,1H3,(H,22,24);1-8,23H,9H2,(H,22,24);1-8,22H,9H2,(H,21,23). The molecule has 0 fully saturated rings. The Kier molecular flexibility index (Phi) is 14.2. The van der Waals surface area contributed by atoms with Crippen LogP contribution in [0.5, 0.6) is 5.75 Å². The van der Waals surface area contributed by atoms with Crippen molar-refractivity contribution in [1.82, 2.24) is 66.1 Å². The number of carbonyl (C=O) groups excluding carboxylic acids is 4. The fourth-order valence-corrected chi connectivity index (χ4v) is 14.5. The predicted octanol–water partition coefficient (Wildman–Crippen LogP) is 13.5. The third kappa shape index (κ3) is 10.4. The largest absolute Gasteiger partial charge is 0.497 e. The summed E-state index contributed by atoms with van der Waals surface area (Å²) in [4.78, 5) is 84.1. The van der Waals surface area contributed by atoms with Gasteiger partial charge < -0.3 is 45.9 Å². The van der Waals surface area contributed by atoms with Gasteiger partial charge >= 0.3 is 0 Å². The molecule has 4 amide bonds. The van der Waals surface area contributed by atoms with Crippen LogP contribution in [-0.4, -0.2) is 90.3 Å². The summed E-state index contributed by atoms with van der Waals surface area (Å²) in [6, 6.07) is 48.8. The first-order valence-electron chi connectivity index (χ1n) is 31.7. The molecule has 16 aromatic rings. The Bertz CT molecular complexity index is 6260. The van der Waals surface area contributed by atoms with Crippen molar-refractivity contribution in [3.8, 4) is 50.8 Å². The number of ether oxygens (including phenoxy) is 1. The van der Waals surface area contributed by atoms with Crippen LogP contribution in [-0.2, 0) is 36.0 Å². The van der Waals surface area contributed by atoms with Crippen LogP contribution >= 0.6 is 0 Å². The summed E-state index contributed by atoms with van der Waals surface area (Å²) in [6.45, 7) is 2.12. The SMILES string of the molecule is COc1ccc(-c2cc3c(ccc4c5c([nH]c43)CNC5=O)cn2)cc1.CS(=O)(=O)c1cccc(-c2cc3c(ccc4c5c([nH]c43)CNC5=O)cn2)c1.O=C1NCc2[nH]c3c(ccc4cnc(-c5ccccc5F)cc43)c21.O=C1NCc2[nH]c3c(ccc4cnc(-c5cccnc5)cc43)c21. The Morgan fingerprint density at radius 1 is 0.394 bits per heavy atom. The highest BCUT2D eigenvalue weighted by molar-refractivity contribution is 7.90. The molecule has 0 saturated heterocycles. The lowest BCUT2D eigenvalue weighted by molar-refractivity contribution is 0.0959. The number of carbonyl (C=O) groups is 4. The molecule has 482 valence electrons. The number of hydrogen-bond acceptors (Lipinski definition) is 12. The highest BCUT2D eigenvalue weighted by Gasteiger charge is 2.29. The van der Waals surface area contributed by atoms with Gasteiger partial charge in [-0.25, -0.2) is 12.8 Å². The zero-order valence-corrected chi connectivity index (χ0v) is 53.5. The van der Waals surface area contributed by atoms with E-state index in [1.807, 2.05) is 116 Å². The molecule has 0 radical (unpaired) electrons. The Hall–Kier alpha value is -13.0. The molecule has 0 bridgehead atoms. The summed E-state index contributed by atoms with van der Waals surface area (Å²) < 4.78 is 43.0. The molecule has 13 heterocycles. The monoisotopic (exact) mass is 1320 g/mol. The molecule has 4 aliphatic heterocycles. The van der Waals surface area contributed by atoms with Crippen molar-refractivity contribution in [1.29, 1.82) is 0 Å². The molecule has 0 unspecified atom stereocenters. The molecule has 99 heavy (non-hydrogen) atoms. The van der Waals surface area contributed by atoms with Gasteiger partial charge in [0.25, 0.3) is 23.6 Å². The molecule has 0 saturated carbocycles. The third-order valence-electron chi connectivity index (χ3n) is 18.7. The second-order valence-corrected chi connectivity index (χ2v) is 26.5. The molecule has 9 aromatic heterocycles. The highest BCUT2D eigenvalue weighted by Crippen LogP contribution is 2.39. The maximum absolute atomic E-state index is 14.1. The summed E-state index contributed by atoms with van der Waals surface area (Å²) in [7, 11) is -1.64. The van der Waals surface area contributed by atoms with Gasteiger partial charge in [0.15, 0.2) is 9.84 Å². The van der Waals surface area contributed by atoms with Crippen LogP contribution in [0.3, 0.4) is 0 Å². The topological polar surface area (TPSA) is 287 Å². The number of rotatable bonds is 6. The lowest BCUT2D eigenvalue weighted by Crippen LogP contribution is -2.13. The number of halogens is 1.